The van der Waals surface area contributed by atoms with Crippen LogP contribution in [0.4, 0.5) is 0 Å². The Hall–Kier alpha value is -2.47. The Morgan fingerprint density at radius 2 is 2.04 bits per heavy atom. The summed E-state index contributed by atoms with van der Waals surface area (Å²) in [6.07, 6.45) is 5.21. The number of rotatable bonds is 5. The number of nitrogens with zero attached hydrogens (tertiary/aromatic N) is 2. The zero-order valence-electron chi connectivity index (χ0n) is 14.5. The molecule has 1 amide bonds. The molecule has 1 aliphatic carbocycles. The third-order valence-electron chi connectivity index (χ3n) is 4.99. The molecule has 0 bridgehead atoms. The number of amides is 1. The average molecular weight is 341 g/mol. The van der Waals surface area contributed by atoms with Crippen LogP contribution in [-0.4, -0.2) is 32.7 Å². The lowest BCUT2D eigenvalue weighted by Gasteiger charge is -2.38. The minimum atomic E-state index is -0.287. The van der Waals surface area contributed by atoms with Gasteiger partial charge in [-0.3, -0.25) is 14.6 Å². The van der Waals surface area contributed by atoms with E-state index in [-0.39, 0.29) is 29.4 Å². The quantitative estimate of drug-likeness (QED) is 0.856. The molecule has 132 valence electrons. The zero-order valence-corrected chi connectivity index (χ0v) is 14.5. The third-order valence-corrected chi connectivity index (χ3v) is 4.99. The van der Waals surface area contributed by atoms with E-state index in [0.717, 1.165) is 11.3 Å². The highest BCUT2D eigenvalue weighted by Crippen LogP contribution is 2.31. The molecule has 6 nitrogen and oxygen atoms in total. The van der Waals surface area contributed by atoms with Gasteiger partial charge < -0.3 is 15.0 Å². The maximum Gasteiger partial charge on any atom is 0.268 e. The number of carbonyl (C=O) groups is 1. The molecule has 0 unspecified atom stereocenters. The van der Waals surface area contributed by atoms with E-state index in [1.807, 2.05) is 12.1 Å². The first-order chi connectivity index (χ1) is 11.9. The molecule has 1 saturated carbocycles. The number of hydrogen-bond donors (Lipinski definition) is 2. The van der Waals surface area contributed by atoms with Crippen molar-refractivity contribution in [2.75, 3.05) is 0 Å². The molecule has 1 atom stereocenters. The largest absolute Gasteiger partial charge is 0.393 e. The van der Waals surface area contributed by atoms with Crippen LogP contribution in [0.15, 0.2) is 41.5 Å². The SMILES string of the molecule is Cc1cc(=O)cc(C(=O)N[C@H](Cc2ccncc2)C2CC(O)C2)n1C. The van der Waals surface area contributed by atoms with Gasteiger partial charge in [0.25, 0.3) is 5.91 Å². The molecule has 0 aliphatic heterocycles. The summed E-state index contributed by atoms with van der Waals surface area (Å²) in [4.78, 5) is 28.5. The molecule has 0 saturated heterocycles. The molecule has 2 heterocycles. The molecule has 1 fully saturated rings. The van der Waals surface area contributed by atoms with Crippen molar-refractivity contribution in [3.8, 4) is 0 Å². The number of aryl methyl sites for hydroxylation is 1. The molecular weight excluding hydrogens is 318 g/mol. The Labute approximate surface area is 146 Å². The second kappa shape index (κ2) is 7.19. The van der Waals surface area contributed by atoms with Crippen molar-refractivity contribution in [2.24, 2.45) is 13.0 Å². The van der Waals surface area contributed by atoms with Gasteiger partial charge in [0.05, 0.1) is 6.10 Å². The molecule has 3 rings (SSSR count). The van der Waals surface area contributed by atoms with Crippen LogP contribution in [0.1, 0.15) is 34.6 Å². The van der Waals surface area contributed by atoms with Crippen molar-refractivity contribution >= 4 is 5.91 Å². The van der Waals surface area contributed by atoms with Gasteiger partial charge in [0, 0.05) is 43.3 Å². The van der Waals surface area contributed by atoms with Gasteiger partial charge in [-0.05, 0) is 49.8 Å². The summed E-state index contributed by atoms with van der Waals surface area (Å²) < 4.78 is 1.72. The van der Waals surface area contributed by atoms with Crippen LogP contribution in [0.2, 0.25) is 0 Å². The first kappa shape index (κ1) is 17.4. The molecule has 25 heavy (non-hydrogen) atoms. The Morgan fingerprint density at radius 3 is 2.68 bits per heavy atom. The van der Waals surface area contributed by atoms with Gasteiger partial charge in [0.15, 0.2) is 5.43 Å². The maximum atomic E-state index is 12.8. The summed E-state index contributed by atoms with van der Waals surface area (Å²) in [5, 5.41) is 12.7. The zero-order chi connectivity index (χ0) is 18.0. The smallest absolute Gasteiger partial charge is 0.268 e. The highest BCUT2D eigenvalue weighted by molar-refractivity contribution is 5.92. The molecule has 0 spiro atoms. The van der Waals surface area contributed by atoms with Crippen LogP contribution in [0, 0.1) is 12.8 Å². The van der Waals surface area contributed by atoms with Gasteiger partial charge in [0.1, 0.15) is 5.69 Å². The van der Waals surface area contributed by atoms with Crippen molar-refractivity contribution in [2.45, 2.75) is 38.3 Å². The fourth-order valence-corrected chi connectivity index (χ4v) is 3.29. The topological polar surface area (TPSA) is 84.2 Å². The minimum Gasteiger partial charge on any atom is -0.393 e. The van der Waals surface area contributed by atoms with Crippen molar-refractivity contribution in [1.82, 2.24) is 14.9 Å². The third kappa shape index (κ3) is 3.96. The van der Waals surface area contributed by atoms with Gasteiger partial charge in [-0.1, -0.05) is 0 Å². The number of aliphatic hydroxyl groups is 1. The van der Waals surface area contributed by atoms with Crippen LogP contribution in [0.25, 0.3) is 0 Å². The number of carbonyl (C=O) groups excluding carboxylic acids is 1. The van der Waals surface area contributed by atoms with Crippen molar-refractivity contribution in [3.05, 3.63) is 63.8 Å². The van der Waals surface area contributed by atoms with E-state index in [2.05, 4.69) is 10.3 Å². The standard InChI is InChI=1S/C19H23N3O3/c1-12-7-15(23)11-18(22(12)2)19(25)21-17(14-9-16(24)10-14)8-13-3-5-20-6-4-13/h3-7,11,14,16-17,24H,8-10H2,1-2H3,(H,21,25)/t14?,16?,17-/m1/s1. The molecule has 2 aromatic heterocycles. The molecule has 0 aromatic carbocycles. The first-order valence-corrected chi connectivity index (χ1v) is 8.49. The summed E-state index contributed by atoms with van der Waals surface area (Å²) in [6, 6.07) is 6.64. The van der Waals surface area contributed by atoms with E-state index in [1.165, 1.54) is 12.1 Å². The number of nitrogens with one attached hydrogen (secondary N) is 1. The predicted octanol–water partition coefficient (Wildman–Crippen LogP) is 1.20. The van der Waals surface area contributed by atoms with Crippen molar-refractivity contribution in [1.29, 1.82) is 0 Å². The van der Waals surface area contributed by atoms with Gasteiger partial charge in [-0.15, -0.1) is 0 Å². The number of pyridine rings is 2. The van der Waals surface area contributed by atoms with E-state index in [9.17, 15) is 14.7 Å². The lowest BCUT2D eigenvalue weighted by molar-refractivity contribution is 0.0238. The summed E-state index contributed by atoms with van der Waals surface area (Å²) in [7, 11) is 1.77. The molecule has 2 N–H and O–H groups in total. The number of aromatic nitrogens is 2. The molecule has 6 heteroatoms. The Morgan fingerprint density at radius 1 is 1.36 bits per heavy atom. The predicted molar refractivity (Wildman–Crippen MR) is 94.3 cm³/mol. The highest BCUT2D eigenvalue weighted by atomic mass is 16.3. The maximum absolute atomic E-state index is 12.8. The fourth-order valence-electron chi connectivity index (χ4n) is 3.29. The second-order valence-corrected chi connectivity index (χ2v) is 6.80. The average Bonchev–Trinajstić information content (AvgIpc) is 2.55. The summed E-state index contributed by atoms with van der Waals surface area (Å²) in [5.74, 6) is -0.0299. The van der Waals surface area contributed by atoms with E-state index in [1.54, 1.807) is 30.9 Å². The Balaban J connectivity index is 1.80. The van der Waals surface area contributed by atoms with E-state index < -0.39 is 0 Å². The number of hydrogen-bond acceptors (Lipinski definition) is 4. The molecular formula is C19H23N3O3. The minimum absolute atomic E-state index is 0.0890. The van der Waals surface area contributed by atoms with E-state index >= 15 is 0 Å². The van der Waals surface area contributed by atoms with Crippen LogP contribution in [0.3, 0.4) is 0 Å². The van der Waals surface area contributed by atoms with Gasteiger partial charge in [-0.2, -0.15) is 0 Å². The van der Waals surface area contributed by atoms with Crippen LogP contribution >= 0.6 is 0 Å². The lowest BCUT2D eigenvalue weighted by atomic mass is 9.75. The second-order valence-electron chi connectivity index (χ2n) is 6.80. The molecule has 0 radical (unpaired) electrons. The van der Waals surface area contributed by atoms with Crippen molar-refractivity contribution < 1.29 is 9.90 Å². The fraction of sp³-hybridized carbons (Fsp3) is 0.421. The normalized spacial score (nSPS) is 20.6. The monoisotopic (exact) mass is 341 g/mol. The number of aliphatic hydroxyl groups excluding tert-OH is 1. The Kier molecular flexibility index (Phi) is 4.99. The first-order valence-electron chi connectivity index (χ1n) is 8.49. The summed E-state index contributed by atoms with van der Waals surface area (Å²) in [5.41, 5.74) is 2.00. The summed E-state index contributed by atoms with van der Waals surface area (Å²) >= 11 is 0. The highest BCUT2D eigenvalue weighted by Gasteiger charge is 2.35. The molecule has 2 aromatic rings. The molecule has 1 aliphatic rings. The van der Waals surface area contributed by atoms with E-state index in [4.69, 9.17) is 0 Å². The lowest BCUT2D eigenvalue weighted by Crippen LogP contribution is -2.48. The van der Waals surface area contributed by atoms with Crippen LogP contribution in [0.5, 0.6) is 0 Å². The van der Waals surface area contributed by atoms with E-state index in [0.29, 0.717) is 25.0 Å². The van der Waals surface area contributed by atoms with Crippen molar-refractivity contribution in [3.63, 3.8) is 0 Å². The van der Waals surface area contributed by atoms with Crippen LogP contribution in [-0.2, 0) is 13.5 Å². The Bertz CT molecular complexity index is 810. The van der Waals surface area contributed by atoms with Gasteiger partial charge >= 0.3 is 0 Å². The van der Waals surface area contributed by atoms with Gasteiger partial charge in [-0.25, -0.2) is 0 Å². The van der Waals surface area contributed by atoms with Crippen LogP contribution < -0.4 is 10.7 Å². The summed E-state index contributed by atoms with van der Waals surface area (Å²) in [6.45, 7) is 1.80. The van der Waals surface area contributed by atoms with Gasteiger partial charge in [0.2, 0.25) is 0 Å².